The van der Waals surface area contributed by atoms with Gasteiger partial charge in [-0.05, 0) is 37.2 Å². The molecule has 92 valence electrons. The zero-order valence-electron chi connectivity index (χ0n) is 10.5. The number of nitrogens with two attached hydrogens (primary N) is 1. The second-order valence-corrected chi connectivity index (χ2v) is 5.71. The summed E-state index contributed by atoms with van der Waals surface area (Å²) in [6.07, 6.45) is 2.58. The van der Waals surface area contributed by atoms with Gasteiger partial charge in [0.25, 0.3) is 0 Å². The molecule has 1 saturated carbocycles. The molecule has 2 heteroatoms. The van der Waals surface area contributed by atoms with E-state index in [4.69, 9.17) is 5.73 Å². The van der Waals surface area contributed by atoms with Crippen molar-refractivity contribution in [3.63, 3.8) is 0 Å². The summed E-state index contributed by atoms with van der Waals surface area (Å²) in [5, 5.41) is 0. The molecule has 2 nitrogen and oxygen atoms in total. The van der Waals surface area contributed by atoms with E-state index >= 15 is 0 Å². The average Bonchev–Trinajstić information content (AvgIpc) is 2.92. The van der Waals surface area contributed by atoms with E-state index in [9.17, 15) is 0 Å². The van der Waals surface area contributed by atoms with E-state index in [1.807, 2.05) is 0 Å². The first-order valence-electron chi connectivity index (χ1n) is 6.80. The molecule has 4 atom stereocenters. The summed E-state index contributed by atoms with van der Waals surface area (Å²) in [5.74, 6) is 1.61. The van der Waals surface area contributed by atoms with E-state index in [2.05, 4.69) is 42.2 Å². The van der Waals surface area contributed by atoms with Gasteiger partial charge in [-0.25, -0.2) is 0 Å². The summed E-state index contributed by atoms with van der Waals surface area (Å²) in [7, 11) is 0. The molecule has 4 unspecified atom stereocenters. The van der Waals surface area contributed by atoms with Gasteiger partial charge in [-0.2, -0.15) is 0 Å². The lowest BCUT2D eigenvalue weighted by Crippen LogP contribution is -2.31. The van der Waals surface area contributed by atoms with Gasteiger partial charge < -0.3 is 5.73 Å². The van der Waals surface area contributed by atoms with E-state index in [0.717, 1.165) is 11.8 Å². The number of likely N-dealkylation sites (tertiary alicyclic amines) is 1. The van der Waals surface area contributed by atoms with Gasteiger partial charge in [-0.3, -0.25) is 4.90 Å². The van der Waals surface area contributed by atoms with E-state index in [-0.39, 0.29) is 0 Å². The predicted molar refractivity (Wildman–Crippen MR) is 70.6 cm³/mol. The molecule has 3 rings (SSSR count). The standard InChI is InChI=1S/C15H22N2/c1-11(12-5-3-2-4-6-12)17-9-13-7-8-15(16)14(13)10-17/h2-6,11,13-15H,7-10,16H2,1H3. The summed E-state index contributed by atoms with van der Waals surface area (Å²) in [6.45, 7) is 4.76. The summed E-state index contributed by atoms with van der Waals surface area (Å²) in [4.78, 5) is 2.61. The van der Waals surface area contributed by atoms with Crippen LogP contribution in [0.1, 0.15) is 31.4 Å². The Bertz CT molecular complexity index is 376. The van der Waals surface area contributed by atoms with Crippen LogP contribution in [0, 0.1) is 11.8 Å². The van der Waals surface area contributed by atoms with Gasteiger partial charge in [-0.15, -0.1) is 0 Å². The van der Waals surface area contributed by atoms with Crippen molar-refractivity contribution in [1.29, 1.82) is 0 Å². The maximum Gasteiger partial charge on any atom is 0.0320 e. The van der Waals surface area contributed by atoms with Gasteiger partial charge in [0.05, 0.1) is 0 Å². The fourth-order valence-electron chi connectivity index (χ4n) is 3.60. The first-order valence-corrected chi connectivity index (χ1v) is 6.80. The molecule has 2 N–H and O–H groups in total. The van der Waals surface area contributed by atoms with Crippen molar-refractivity contribution in [2.75, 3.05) is 13.1 Å². The molecule has 0 radical (unpaired) electrons. The molecule has 1 aromatic carbocycles. The van der Waals surface area contributed by atoms with Crippen molar-refractivity contribution in [2.45, 2.75) is 31.8 Å². The van der Waals surface area contributed by atoms with Crippen molar-refractivity contribution in [3.8, 4) is 0 Å². The van der Waals surface area contributed by atoms with Gasteiger partial charge >= 0.3 is 0 Å². The maximum absolute atomic E-state index is 6.19. The van der Waals surface area contributed by atoms with Gasteiger partial charge in [-0.1, -0.05) is 30.3 Å². The average molecular weight is 230 g/mol. The Morgan fingerprint density at radius 3 is 2.65 bits per heavy atom. The number of hydrogen-bond donors (Lipinski definition) is 1. The highest BCUT2D eigenvalue weighted by atomic mass is 15.2. The number of nitrogens with zero attached hydrogens (tertiary/aromatic N) is 1. The first kappa shape index (κ1) is 11.2. The van der Waals surface area contributed by atoms with E-state index < -0.39 is 0 Å². The quantitative estimate of drug-likeness (QED) is 0.845. The van der Waals surface area contributed by atoms with Crippen LogP contribution in [0.25, 0.3) is 0 Å². The Labute approximate surface area is 104 Å². The molecule has 2 fully saturated rings. The molecule has 0 bridgehead atoms. The SMILES string of the molecule is CC(c1ccccc1)N1CC2CCC(N)C2C1. The molecular weight excluding hydrogens is 208 g/mol. The summed E-state index contributed by atoms with van der Waals surface area (Å²) in [5.41, 5.74) is 7.63. The Hall–Kier alpha value is -0.860. The lowest BCUT2D eigenvalue weighted by Gasteiger charge is -2.26. The van der Waals surface area contributed by atoms with Crippen molar-refractivity contribution < 1.29 is 0 Å². The Balaban J connectivity index is 1.71. The number of fused-ring (bicyclic) bond motifs is 1. The molecular formula is C15H22N2. The molecule has 0 spiro atoms. The molecule has 1 aliphatic carbocycles. The van der Waals surface area contributed by atoms with Crippen LogP contribution in [0.5, 0.6) is 0 Å². The highest BCUT2D eigenvalue weighted by Gasteiger charge is 2.42. The zero-order chi connectivity index (χ0) is 11.8. The van der Waals surface area contributed by atoms with Crippen LogP contribution < -0.4 is 5.73 Å². The minimum absolute atomic E-state index is 0.452. The summed E-state index contributed by atoms with van der Waals surface area (Å²) < 4.78 is 0. The van der Waals surface area contributed by atoms with Crippen LogP contribution in [0.3, 0.4) is 0 Å². The highest BCUT2D eigenvalue weighted by molar-refractivity contribution is 5.19. The zero-order valence-corrected chi connectivity index (χ0v) is 10.5. The van der Waals surface area contributed by atoms with E-state index in [0.29, 0.717) is 12.1 Å². The third kappa shape index (κ3) is 2.00. The lowest BCUT2D eigenvalue weighted by atomic mass is 9.98. The van der Waals surface area contributed by atoms with Crippen molar-refractivity contribution in [1.82, 2.24) is 4.90 Å². The molecule has 1 heterocycles. The molecule has 0 amide bonds. The van der Waals surface area contributed by atoms with Crippen LogP contribution in [-0.4, -0.2) is 24.0 Å². The highest BCUT2D eigenvalue weighted by Crippen LogP contribution is 2.40. The lowest BCUT2D eigenvalue weighted by molar-refractivity contribution is 0.239. The minimum atomic E-state index is 0.452. The third-order valence-electron chi connectivity index (χ3n) is 4.77. The summed E-state index contributed by atoms with van der Waals surface area (Å²) in [6, 6.07) is 11.8. The minimum Gasteiger partial charge on any atom is -0.327 e. The molecule has 17 heavy (non-hydrogen) atoms. The van der Waals surface area contributed by atoms with Gasteiger partial charge in [0.2, 0.25) is 0 Å². The molecule has 1 saturated heterocycles. The molecule has 1 aromatic rings. The number of hydrogen-bond acceptors (Lipinski definition) is 2. The van der Waals surface area contributed by atoms with Gasteiger partial charge in [0.1, 0.15) is 0 Å². The fraction of sp³-hybridized carbons (Fsp3) is 0.600. The van der Waals surface area contributed by atoms with Crippen LogP contribution >= 0.6 is 0 Å². The van der Waals surface area contributed by atoms with Crippen molar-refractivity contribution in [3.05, 3.63) is 35.9 Å². The molecule has 1 aliphatic heterocycles. The van der Waals surface area contributed by atoms with Crippen LogP contribution in [-0.2, 0) is 0 Å². The normalized spacial score (nSPS) is 34.8. The molecule has 2 aliphatic rings. The maximum atomic E-state index is 6.19. The summed E-state index contributed by atoms with van der Waals surface area (Å²) >= 11 is 0. The predicted octanol–water partition coefficient (Wildman–Crippen LogP) is 2.42. The number of benzene rings is 1. The van der Waals surface area contributed by atoms with Crippen molar-refractivity contribution >= 4 is 0 Å². The monoisotopic (exact) mass is 230 g/mol. The third-order valence-corrected chi connectivity index (χ3v) is 4.77. The van der Waals surface area contributed by atoms with Gasteiger partial charge in [0, 0.05) is 25.2 Å². The smallest absolute Gasteiger partial charge is 0.0320 e. The second kappa shape index (κ2) is 4.43. The van der Waals surface area contributed by atoms with Crippen molar-refractivity contribution in [2.24, 2.45) is 17.6 Å². The fourth-order valence-corrected chi connectivity index (χ4v) is 3.60. The topological polar surface area (TPSA) is 29.3 Å². The van der Waals surface area contributed by atoms with Gasteiger partial charge in [0.15, 0.2) is 0 Å². The van der Waals surface area contributed by atoms with E-state index in [1.54, 1.807) is 0 Å². The second-order valence-electron chi connectivity index (χ2n) is 5.71. The Morgan fingerprint density at radius 1 is 1.18 bits per heavy atom. The molecule has 0 aromatic heterocycles. The van der Waals surface area contributed by atoms with Crippen LogP contribution in [0.2, 0.25) is 0 Å². The Kier molecular flexibility index (Phi) is 2.93. The first-order chi connectivity index (χ1) is 8.25. The van der Waals surface area contributed by atoms with Crippen LogP contribution in [0.15, 0.2) is 30.3 Å². The number of rotatable bonds is 2. The van der Waals surface area contributed by atoms with E-state index in [1.165, 1.54) is 31.5 Å². The largest absolute Gasteiger partial charge is 0.327 e. The van der Waals surface area contributed by atoms with Crippen LogP contribution in [0.4, 0.5) is 0 Å². The Morgan fingerprint density at radius 2 is 1.94 bits per heavy atom.